The molecular formula is C13H26. The minimum absolute atomic E-state index is 0.891. The van der Waals surface area contributed by atoms with Gasteiger partial charge in [0.25, 0.3) is 0 Å². The van der Waals surface area contributed by atoms with E-state index in [4.69, 9.17) is 0 Å². The van der Waals surface area contributed by atoms with Crippen molar-refractivity contribution in [1.29, 1.82) is 0 Å². The molecule has 0 aliphatic rings. The molecular weight excluding hydrogens is 156 g/mol. The SMILES string of the molecule is C=CCC[C@H](C)CCC[C@@H](C)CC. The smallest absolute Gasteiger partial charge is 0.0351 e. The molecule has 0 aliphatic carbocycles. The van der Waals surface area contributed by atoms with Gasteiger partial charge in [0.1, 0.15) is 0 Å². The van der Waals surface area contributed by atoms with Crippen molar-refractivity contribution in [3.05, 3.63) is 12.7 Å². The summed E-state index contributed by atoms with van der Waals surface area (Å²) in [6.45, 7) is 10.8. The van der Waals surface area contributed by atoms with E-state index in [1.165, 1.54) is 38.5 Å². The zero-order valence-electron chi connectivity index (χ0n) is 9.68. The Morgan fingerprint density at radius 1 is 1.08 bits per heavy atom. The summed E-state index contributed by atoms with van der Waals surface area (Å²) in [5, 5.41) is 0. The molecule has 0 N–H and O–H groups in total. The summed E-state index contributed by atoms with van der Waals surface area (Å²) in [6.07, 6.45) is 10.1. The molecule has 2 atom stereocenters. The molecule has 0 spiro atoms. The Bertz CT molecular complexity index is 115. The van der Waals surface area contributed by atoms with Crippen molar-refractivity contribution >= 4 is 0 Å². The van der Waals surface area contributed by atoms with E-state index in [-0.39, 0.29) is 0 Å². The fraction of sp³-hybridized carbons (Fsp3) is 0.846. The van der Waals surface area contributed by atoms with Crippen molar-refractivity contribution in [2.75, 3.05) is 0 Å². The highest BCUT2D eigenvalue weighted by molar-refractivity contribution is 4.68. The maximum absolute atomic E-state index is 3.75. The van der Waals surface area contributed by atoms with Gasteiger partial charge in [0.15, 0.2) is 0 Å². The van der Waals surface area contributed by atoms with Crippen LogP contribution < -0.4 is 0 Å². The van der Waals surface area contributed by atoms with Gasteiger partial charge in [-0.3, -0.25) is 0 Å². The predicted molar refractivity (Wildman–Crippen MR) is 61.9 cm³/mol. The lowest BCUT2D eigenvalue weighted by Crippen LogP contribution is -1.97. The van der Waals surface area contributed by atoms with Crippen LogP contribution in [0.4, 0.5) is 0 Å². The Kier molecular flexibility index (Phi) is 8.18. The maximum atomic E-state index is 3.75. The minimum Gasteiger partial charge on any atom is -0.103 e. The zero-order valence-corrected chi connectivity index (χ0v) is 9.68. The van der Waals surface area contributed by atoms with Gasteiger partial charge in [-0.2, -0.15) is 0 Å². The second kappa shape index (κ2) is 8.34. The second-order valence-electron chi connectivity index (χ2n) is 4.42. The summed E-state index contributed by atoms with van der Waals surface area (Å²) >= 11 is 0. The zero-order chi connectivity index (χ0) is 10.1. The third-order valence-corrected chi connectivity index (χ3v) is 2.95. The monoisotopic (exact) mass is 182 g/mol. The van der Waals surface area contributed by atoms with Crippen molar-refractivity contribution in [2.45, 2.75) is 59.3 Å². The van der Waals surface area contributed by atoms with Crippen LogP contribution >= 0.6 is 0 Å². The first-order valence-electron chi connectivity index (χ1n) is 5.81. The first-order valence-corrected chi connectivity index (χ1v) is 5.81. The molecule has 0 saturated heterocycles. The van der Waals surface area contributed by atoms with Gasteiger partial charge in [0.2, 0.25) is 0 Å². The molecule has 0 heterocycles. The normalized spacial score (nSPS) is 15.3. The standard InChI is InChI=1S/C13H26/c1-5-7-9-13(4)11-8-10-12(3)6-2/h5,12-13H,1,6-11H2,2-4H3/t12-,13-/m0/s1. The van der Waals surface area contributed by atoms with Crippen molar-refractivity contribution in [1.82, 2.24) is 0 Å². The number of allylic oxidation sites excluding steroid dienone is 1. The molecule has 0 aromatic rings. The van der Waals surface area contributed by atoms with Crippen molar-refractivity contribution in [3.8, 4) is 0 Å². The molecule has 0 heteroatoms. The summed E-state index contributed by atoms with van der Waals surface area (Å²) in [5.74, 6) is 1.81. The van der Waals surface area contributed by atoms with E-state index in [0.717, 1.165) is 11.8 Å². The second-order valence-corrected chi connectivity index (χ2v) is 4.42. The summed E-state index contributed by atoms with van der Waals surface area (Å²) in [4.78, 5) is 0. The van der Waals surface area contributed by atoms with Crippen molar-refractivity contribution < 1.29 is 0 Å². The van der Waals surface area contributed by atoms with E-state index in [1.54, 1.807) is 0 Å². The Morgan fingerprint density at radius 3 is 2.23 bits per heavy atom. The molecule has 0 unspecified atom stereocenters. The molecule has 0 fully saturated rings. The van der Waals surface area contributed by atoms with E-state index in [9.17, 15) is 0 Å². The third kappa shape index (κ3) is 8.08. The van der Waals surface area contributed by atoms with Gasteiger partial charge in [-0.05, 0) is 24.7 Å². The van der Waals surface area contributed by atoms with Crippen LogP contribution in [0.15, 0.2) is 12.7 Å². The van der Waals surface area contributed by atoms with Crippen LogP contribution in [-0.4, -0.2) is 0 Å². The Labute approximate surface area is 84.4 Å². The first kappa shape index (κ1) is 12.7. The van der Waals surface area contributed by atoms with Gasteiger partial charge in [0.05, 0.1) is 0 Å². The van der Waals surface area contributed by atoms with E-state index in [0.29, 0.717) is 0 Å². The van der Waals surface area contributed by atoms with Gasteiger partial charge in [-0.1, -0.05) is 52.5 Å². The predicted octanol–water partition coefficient (Wildman–Crippen LogP) is 4.81. The van der Waals surface area contributed by atoms with Gasteiger partial charge >= 0.3 is 0 Å². The third-order valence-electron chi connectivity index (χ3n) is 2.95. The average molecular weight is 182 g/mol. The van der Waals surface area contributed by atoms with Crippen LogP contribution in [0.2, 0.25) is 0 Å². The van der Waals surface area contributed by atoms with Gasteiger partial charge in [-0.15, -0.1) is 6.58 Å². The summed E-state index contributed by atoms with van der Waals surface area (Å²) in [5.41, 5.74) is 0. The Morgan fingerprint density at radius 2 is 1.69 bits per heavy atom. The quantitative estimate of drug-likeness (QED) is 0.473. The molecule has 0 radical (unpaired) electrons. The molecule has 0 bridgehead atoms. The average Bonchev–Trinajstić information content (AvgIpc) is 2.14. The first-order chi connectivity index (χ1) is 6.20. The molecule has 0 amide bonds. The van der Waals surface area contributed by atoms with Gasteiger partial charge < -0.3 is 0 Å². The summed E-state index contributed by atoms with van der Waals surface area (Å²) < 4.78 is 0. The lowest BCUT2D eigenvalue weighted by Gasteiger charge is -2.12. The van der Waals surface area contributed by atoms with Crippen LogP contribution in [0.25, 0.3) is 0 Å². The maximum Gasteiger partial charge on any atom is -0.0351 e. The molecule has 13 heavy (non-hydrogen) atoms. The topological polar surface area (TPSA) is 0 Å². The summed E-state index contributed by atoms with van der Waals surface area (Å²) in [7, 11) is 0. The van der Waals surface area contributed by atoms with Crippen molar-refractivity contribution in [3.63, 3.8) is 0 Å². The Balaban J connectivity index is 3.25. The number of rotatable bonds is 8. The fourth-order valence-electron chi connectivity index (χ4n) is 1.57. The van der Waals surface area contributed by atoms with E-state index < -0.39 is 0 Å². The van der Waals surface area contributed by atoms with Crippen LogP contribution in [0.3, 0.4) is 0 Å². The molecule has 0 saturated carbocycles. The van der Waals surface area contributed by atoms with Crippen LogP contribution in [0.1, 0.15) is 59.3 Å². The van der Waals surface area contributed by atoms with Crippen molar-refractivity contribution in [2.24, 2.45) is 11.8 Å². The van der Waals surface area contributed by atoms with E-state index in [1.807, 2.05) is 6.08 Å². The molecule has 78 valence electrons. The van der Waals surface area contributed by atoms with E-state index in [2.05, 4.69) is 27.4 Å². The highest BCUT2D eigenvalue weighted by atomic mass is 14.1. The molecule has 0 aromatic heterocycles. The molecule has 0 aromatic carbocycles. The largest absolute Gasteiger partial charge is 0.103 e. The molecule has 0 aliphatic heterocycles. The molecule has 0 rings (SSSR count). The van der Waals surface area contributed by atoms with Crippen LogP contribution in [0.5, 0.6) is 0 Å². The highest BCUT2D eigenvalue weighted by Gasteiger charge is 2.03. The van der Waals surface area contributed by atoms with Gasteiger partial charge in [-0.25, -0.2) is 0 Å². The van der Waals surface area contributed by atoms with E-state index >= 15 is 0 Å². The summed E-state index contributed by atoms with van der Waals surface area (Å²) in [6, 6.07) is 0. The molecule has 0 nitrogen and oxygen atoms in total. The highest BCUT2D eigenvalue weighted by Crippen LogP contribution is 2.17. The lowest BCUT2D eigenvalue weighted by molar-refractivity contribution is 0.420. The van der Waals surface area contributed by atoms with Crippen LogP contribution in [0, 0.1) is 11.8 Å². The number of hydrogen-bond donors (Lipinski definition) is 0. The minimum atomic E-state index is 0.891. The lowest BCUT2D eigenvalue weighted by atomic mass is 9.94. The Hall–Kier alpha value is -0.260. The fourth-order valence-corrected chi connectivity index (χ4v) is 1.57. The van der Waals surface area contributed by atoms with Gasteiger partial charge in [0, 0.05) is 0 Å². The van der Waals surface area contributed by atoms with Crippen LogP contribution in [-0.2, 0) is 0 Å². The number of hydrogen-bond acceptors (Lipinski definition) is 0.